The van der Waals surface area contributed by atoms with Gasteiger partial charge in [-0.05, 0) is 29.8 Å². The van der Waals surface area contributed by atoms with Gasteiger partial charge < -0.3 is 4.42 Å². The Morgan fingerprint density at radius 1 is 1.11 bits per heavy atom. The molecule has 0 atom stereocenters. The van der Waals surface area contributed by atoms with Gasteiger partial charge in [0.1, 0.15) is 0 Å². The molecule has 2 amide bonds. The number of amides is 2. The molecule has 1 fully saturated rings. The predicted molar refractivity (Wildman–Crippen MR) is 102 cm³/mol. The molecule has 144 valence electrons. The first kappa shape index (κ1) is 18.3. The van der Waals surface area contributed by atoms with E-state index in [1.807, 2.05) is 0 Å². The van der Waals surface area contributed by atoms with Gasteiger partial charge in [-0.15, -0.1) is 0 Å². The molecule has 2 aromatic carbocycles. The summed E-state index contributed by atoms with van der Waals surface area (Å²) >= 11 is 0.960. The largest absolute Gasteiger partial charge is 0.417 e. The average Bonchev–Trinajstić information content (AvgIpc) is 3.18. The van der Waals surface area contributed by atoms with Crippen molar-refractivity contribution >= 4 is 49.7 Å². The number of benzene rings is 2. The maximum absolute atomic E-state index is 12.6. The number of hydrogen-bond donors (Lipinski definition) is 2. The number of nitrogens with one attached hydrogen (secondary N) is 2. The van der Waals surface area contributed by atoms with Crippen molar-refractivity contribution in [2.24, 2.45) is 0 Å². The second kappa shape index (κ2) is 6.84. The number of aromatic amines is 1. The zero-order chi connectivity index (χ0) is 19.9. The van der Waals surface area contributed by atoms with Crippen molar-refractivity contribution in [1.82, 2.24) is 9.88 Å². The molecule has 28 heavy (non-hydrogen) atoms. The average molecular weight is 419 g/mol. The highest BCUT2D eigenvalue weighted by Crippen LogP contribution is 2.23. The van der Waals surface area contributed by atoms with Crippen molar-refractivity contribution in [3.8, 4) is 0 Å². The smallest absolute Gasteiger partial charge is 0.408 e. The first-order valence-electron chi connectivity index (χ1n) is 8.03. The normalized spacial score (nSPS) is 14.8. The number of anilines is 1. The molecule has 0 unspecified atom stereocenters. The number of nitrogens with zero attached hydrogens (tertiary/aromatic N) is 1. The maximum atomic E-state index is 12.6. The second-order valence-electron chi connectivity index (χ2n) is 6.01. The summed E-state index contributed by atoms with van der Waals surface area (Å²) in [5, 5.41) is -0.290. The van der Waals surface area contributed by atoms with E-state index in [1.54, 1.807) is 24.3 Å². The van der Waals surface area contributed by atoms with Crippen LogP contribution in [0.4, 0.5) is 10.5 Å². The minimum absolute atomic E-state index is 0.0582. The lowest BCUT2D eigenvalue weighted by Crippen LogP contribution is -2.27. The second-order valence-corrected chi connectivity index (χ2v) is 8.62. The minimum atomic E-state index is -3.90. The summed E-state index contributed by atoms with van der Waals surface area (Å²) in [5.41, 5.74) is 1.55. The Hall–Kier alpha value is -3.05. The molecule has 0 bridgehead atoms. The number of oxazole rings is 1. The molecule has 2 N–H and O–H groups in total. The standard InChI is InChI=1S/C17H13N3O6S2/c21-15-9-27-17(23)20(15)8-10-1-3-11(4-2-10)19-28(24,25)12-5-6-13-14(7-12)26-16(22)18-13/h1-7,19H,8-9H2,(H,18,22). The van der Waals surface area contributed by atoms with Gasteiger partial charge in [-0.3, -0.25) is 24.2 Å². The summed E-state index contributed by atoms with van der Waals surface area (Å²) < 4.78 is 32.4. The number of sulfonamides is 1. The number of imide groups is 1. The fourth-order valence-electron chi connectivity index (χ4n) is 2.70. The lowest BCUT2D eigenvalue weighted by atomic mass is 10.2. The Kier molecular flexibility index (Phi) is 4.47. The van der Waals surface area contributed by atoms with E-state index in [9.17, 15) is 22.8 Å². The van der Waals surface area contributed by atoms with Gasteiger partial charge in [-0.25, -0.2) is 13.2 Å². The molecule has 11 heteroatoms. The third kappa shape index (κ3) is 3.53. The van der Waals surface area contributed by atoms with Crippen molar-refractivity contribution in [1.29, 1.82) is 0 Å². The molecule has 1 aliphatic rings. The highest BCUT2D eigenvalue weighted by Gasteiger charge is 2.29. The van der Waals surface area contributed by atoms with Gasteiger partial charge in [0, 0.05) is 11.8 Å². The van der Waals surface area contributed by atoms with E-state index in [2.05, 4.69) is 9.71 Å². The quantitative estimate of drug-likeness (QED) is 0.648. The van der Waals surface area contributed by atoms with Crippen molar-refractivity contribution < 1.29 is 22.4 Å². The molecule has 0 radical (unpaired) electrons. The summed E-state index contributed by atoms with van der Waals surface area (Å²) in [7, 11) is -3.90. The van der Waals surface area contributed by atoms with Gasteiger partial charge in [0.2, 0.25) is 5.91 Å². The molecule has 1 aliphatic heterocycles. The topological polar surface area (TPSA) is 130 Å². The molecule has 1 aromatic heterocycles. The Balaban J connectivity index is 1.51. The van der Waals surface area contributed by atoms with E-state index < -0.39 is 15.8 Å². The van der Waals surface area contributed by atoms with Crippen LogP contribution in [0.3, 0.4) is 0 Å². The van der Waals surface area contributed by atoms with Crippen molar-refractivity contribution in [2.45, 2.75) is 11.4 Å². The molecule has 1 saturated heterocycles. The predicted octanol–water partition coefficient (Wildman–Crippen LogP) is 2.12. The molecule has 9 nitrogen and oxygen atoms in total. The van der Waals surface area contributed by atoms with Gasteiger partial charge in [0.25, 0.3) is 15.3 Å². The third-order valence-corrected chi connectivity index (χ3v) is 6.33. The molecule has 0 spiro atoms. The number of H-pyrrole nitrogens is 1. The Labute approximate surface area is 162 Å². The molecular formula is C17H13N3O6S2. The van der Waals surface area contributed by atoms with E-state index in [0.717, 1.165) is 16.7 Å². The van der Waals surface area contributed by atoms with Crippen LogP contribution in [0.2, 0.25) is 0 Å². The van der Waals surface area contributed by atoms with Crippen molar-refractivity contribution in [2.75, 3.05) is 10.5 Å². The number of fused-ring (bicyclic) bond motifs is 1. The van der Waals surface area contributed by atoms with Crippen LogP contribution in [0.25, 0.3) is 11.1 Å². The van der Waals surface area contributed by atoms with E-state index in [4.69, 9.17) is 4.42 Å². The van der Waals surface area contributed by atoms with Crippen LogP contribution in [-0.2, 0) is 21.4 Å². The Bertz CT molecular complexity index is 1230. The SMILES string of the molecule is O=C1CSC(=O)N1Cc1ccc(NS(=O)(=O)c2ccc3[nH]c(=O)oc3c2)cc1. The monoisotopic (exact) mass is 419 g/mol. The van der Waals surface area contributed by atoms with Crippen LogP contribution in [0.1, 0.15) is 5.56 Å². The fourth-order valence-corrected chi connectivity index (χ4v) is 4.50. The van der Waals surface area contributed by atoms with Gasteiger partial charge in [-0.1, -0.05) is 23.9 Å². The molecular weight excluding hydrogens is 406 g/mol. The lowest BCUT2D eigenvalue weighted by Gasteiger charge is -2.13. The zero-order valence-electron chi connectivity index (χ0n) is 14.2. The molecule has 4 rings (SSSR count). The highest BCUT2D eigenvalue weighted by molar-refractivity contribution is 8.14. The van der Waals surface area contributed by atoms with Crippen LogP contribution < -0.4 is 10.5 Å². The number of rotatable bonds is 5. The number of carbonyl (C=O) groups is 2. The van der Waals surface area contributed by atoms with E-state index in [0.29, 0.717) is 16.8 Å². The number of carbonyl (C=O) groups excluding carboxylic acids is 2. The molecule has 2 heterocycles. The van der Waals surface area contributed by atoms with Crippen molar-refractivity contribution in [3.05, 3.63) is 58.6 Å². The minimum Gasteiger partial charge on any atom is -0.408 e. The van der Waals surface area contributed by atoms with Gasteiger partial charge in [0.05, 0.1) is 22.7 Å². The summed E-state index contributed by atoms with van der Waals surface area (Å²) in [6.07, 6.45) is 0. The van der Waals surface area contributed by atoms with E-state index in [-0.39, 0.29) is 33.9 Å². The first-order valence-corrected chi connectivity index (χ1v) is 10.5. The van der Waals surface area contributed by atoms with Crippen LogP contribution in [-0.4, -0.2) is 35.2 Å². The van der Waals surface area contributed by atoms with Crippen LogP contribution in [0.5, 0.6) is 0 Å². The maximum Gasteiger partial charge on any atom is 0.417 e. The van der Waals surface area contributed by atoms with Crippen LogP contribution >= 0.6 is 11.8 Å². The summed E-state index contributed by atoms with van der Waals surface area (Å²) in [6, 6.07) is 10.4. The summed E-state index contributed by atoms with van der Waals surface area (Å²) in [5.74, 6) is -0.768. The number of aromatic nitrogens is 1. The fraction of sp³-hybridized carbons (Fsp3) is 0.118. The number of thioether (sulfide) groups is 1. The highest BCUT2D eigenvalue weighted by atomic mass is 32.2. The van der Waals surface area contributed by atoms with Gasteiger partial charge in [-0.2, -0.15) is 0 Å². The number of hydrogen-bond acceptors (Lipinski definition) is 7. The first-order chi connectivity index (χ1) is 13.3. The molecule has 0 aliphatic carbocycles. The summed E-state index contributed by atoms with van der Waals surface area (Å²) in [4.78, 5) is 38.0. The van der Waals surface area contributed by atoms with E-state index >= 15 is 0 Å². The van der Waals surface area contributed by atoms with Crippen molar-refractivity contribution in [3.63, 3.8) is 0 Å². The Morgan fingerprint density at radius 3 is 2.54 bits per heavy atom. The van der Waals surface area contributed by atoms with Crippen LogP contribution in [0.15, 0.2) is 56.6 Å². The molecule has 3 aromatic rings. The Morgan fingerprint density at radius 2 is 1.86 bits per heavy atom. The van der Waals surface area contributed by atoms with Gasteiger partial charge in [0.15, 0.2) is 5.58 Å². The van der Waals surface area contributed by atoms with E-state index in [1.165, 1.54) is 18.2 Å². The lowest BCUT2D eigenvalue weighted by molar-refractivity contribution is -0.125. The van der Waals surface area contributed by atoms with Crippen LogP contribution in [0, 0.1) is 0 Å². The zero-order valence-corrected chi connectivity index (χ0v) is 15.8. The third-order valence-electron chi connectivity index (χ3n) is 4.09. The summed E-state index contributed by atoms with van der Waals surface area (Å²) in [6.45, 7) is 0.140. The van der Waals surface area contributed by atoms with Gasteiger partial charge >= 0.3 is 5.76 Å². The molecule has 0 saturated carbocycles.